The summed E-state index contributed by atoms with van der Waals surface area (Å²) < 4.78 is 27.7. The minimum Gasteiger partial charge on any atom is -0.373 e. The first-order valence-electron chi connectivity index (χ1n) is 8.01. The molecule has 0 saturated heterocycles. The maximum atomic E-state index is 14.1. The molecule has 0 bridgehead atoms. The van der Waals surface area contributed by atoms with Crippen LogP contribution in [0, 0.1) is 11.6 Å². The van der Waals surface area contributed by atoms with Crippen LogP contribution in [0.25, 0.3) is 33.4 Å². The summed E-state index contributed by atoms with van der Waals surface area (Å²) in [7, 11) is 1.77. The van der Waals surface area contributed by atoms with Crippen LogP contribution >= 0.6 is 0 Å². The van der Waals surface area contributed by atoms with Gasteiger partial charge in [0.2, 0.25) is 0 Å². The molecule has 6 heteroatoms. The summed E-state index contributed by atoms with van der Waals surface area (Å²) in [6.45, 7) is 0. The maximum absolute atomic E-state index is 14.1. The lowest BCUT2D eigenvalue weighted by Gasteiger charge is -2.10. The molecular formula is C20H14F2N4. The van der Waals surface area contributed by atoms with Gasteiger partial charge in [-0.3, -0.25) is 4.98 Å². The van der Waals surface area contributed by atoms with E-state index in [0.717, 1.165) is 17.0 Å². The number of nitrogens with one attached hydrogen (secondary N) is 1. The zero-order valence-corrected chi connectivity index (χ0v) is 13.9. The van der Waals surface area contributed by atoms with Gasteiger partial charge >= 0.3 is 0 Å². The Morgan fingerprint density at radius 3 is 2.58 bits per heavy atom. The Balaban J connectivity index is 1.93. The molecule has 0 amide bonds. The first-order chi connectivity index (χ1) is 12.7. The lowest BCUT2D eigenvalue weighted by molar-refractivity contribution is 0.511. The third kappa shape index (κ3) is 2.75. The number of nitrogens with zero attached hydrogens (tertiary/aromatic N) is 3. The van der Waals surface area contributed by atoms with E-state index in [4.69, 9.17) is 0 Å². The van der Waals surface area contributed by atoms with Crippen molar-refractivity contribution in [3.63, 3.8) is 0 Å². The molecule has 4 aromatic rings. The molecule has 26 heavy (non-hydrogen) atoms. The summed E-state index contributed by atoms with van der Waals surface area (Å²) in [5.74, 6) is -0.591. The standard InChI is InChI=1S/C20H14F2N4/c1-23-20-15-8-7-12(14-5-2-6-16(21)18(14)22)10-17(15)25-19(26-20)13-4-3-9-24-11-13/h2-11H,1H3,(H,23,25,26). The van der Waals surface area contributed by atoms with E-state index < -0.39 is 11.6 Å². The molecule has 0 spiro atoms. The molecule has 4 nitrogen and oxygen atoms in total. The topological polar surface area (TPSA) is 50.7 Å². The molecule has 0 fully saturated rings. The lowest BCUT2D eigenvalue weighted by atomic mass is 10.0. The van der Waals surface area contributed by atoms with E-state index in [9.17, 15) is 8.78 Å². The molecule has 128 valence electrons. The second-order valence-corrected chi connectivity index (χ2v) is 5.72. The van der Waals surface area contributed by atoms with E-state index in [1.165, 1.54) is 6.07 Å². The Morgan fingerprint density at radius 2 is 1.81 bits per heavy atom. The van der Waals surface area contributed by atoms with Crippen molar-refractivity contribution in [2.45, 2.75) is 0 Å². The van der Waals surface area contributed by atoms with Crippen molar-refractivity contribution in [2.24, 2.45) is 0 Å². The Labute approximate surface area is 148 Å². The van der Waals surface area contributed by atoms with Crippen molar-refractivity contribution in [3.8, 4) is 22.5 Å². The molecule has 2 aromatic carbocycles. The van der Waals surface area contributed by atoms with Gasteiger partial charge in [0.25, 0.3) is 0 Å². The highest BCUT2D eigenvalue weighted by Gasteiger charge is 2.13. The van der Waals surface area contributed by atoms with Crippen LogP contribution in [0.15, 0.2) is 60.9 Å². The highest BCUT2D eigenvalue weighted by atomic mass is 19.2. The second-order valence-electron chi connectivity index (χ2n) is 5.72. The van der Waals surface area contributed by atoms with Gasteiger partial charge in [0, 0.05) is 36.0 Å². The number of fused-ring (bicyclic) bond motifs is 1. The number of halogens is 2. The predicted molar refractivity (Wildman–Crippen MR) is 97.7 cm³/mol. The number of rotatable bonds is 3. The summed E-state index contributed by atoms with van der Waals surface area (Å²) in [5, 5.41) is 3.85. The molecule has 0 aliphatic carbocycles. The number of hydrogen-bond donors (Lipinski definition) is 1. The Bertz CT molecular complexity index is 1100. The molecule has 2 heterocycles. The highest BCUT2D eigenvalue weighted by Crippen LogP contribution is 2.30. The van der Waals surface area contributed by atoms with Crippen molar-refractivity contribution in [2.75, 3.05) is 12.4 Å². The third-order valence-corrected chi connectivity index (χ3v) is 4.12. The van der Waals surface area contributed by atoms with Gasteiger partial charge in [0.15, 0.2) is 17.5 Å². The van der Waals surface area contributed by atoms with Gasteiger partial charge in [-0.2, -0.15) is 0 Å². The van der Waals surface area contributed by atoms with Crippen molar-refractivity contribution in [1.82, 2.24) is 15.0 Å². The Kier molecular flexibility index (Phi) is 4.01. The average molecular weight is 348 g/mol. The highest BCUT2D eigenvalue weighted by molar-refractivity contribution is 5.93. The number of benzene rings is 2. The van der Waals surface area contributed by atoms with E-state index in [2.05, 4.69) is 20.3 Å². The van der Waals surface area contributed by atoms with Crippen LogP contribution in [0.4, 0.5) is 14.6 Å². The number of anilines is 1. The summed E-state index contributed by atoms with van der Waals surface area (Å²) >= 11 is 0. The fourth-order valence-electron chi connectivity index (χ4n) is 2.84. The van der Waals surface area contributed by atoms with Gasteiger partial charge in [-0.1, -0.05) is 18.2 Å². The van der Waals surface area contributed by atoms with Crippen molar-refractivity contribution in [1.29, 1.82) is 0 Å². The number of hydrogen-bond acceptors (Lipinski definition) is 4. The Hall–Kier alpha value is -3.41. The van der Waals surface area contributed by atoms with E-state index in [1.54, 1.807) is 49.8 Å². The molecular weight excluding hydrogens is 334 g/mol. The fourth-order valence-corrected chi connectivity index (χ4v) is 2.84. The molecule has 0 unspecified atom stereocenters. The number of pyridine rings is 1. The van der Waals surface area contributed by atoms with Crippen LogP contribution in [-0.4, -0.2) is 22.0 Å². The molecule has 0 radical (unpaired) electrons. The second kappa shape index (κ2) is 6.48. The molecule has 2 aromatic heterocycles. The van der Waals surface area contributed by atoms with Crippen LogP contribution < -0.4 is 5.32 Å². The maximum Gasteiger partial charge on any atom is 0.166 e. The quantitative estimate of drug-likeness (QED) is 0.584. The van der Waals surface area contributed by atoms with Crippen LogP contribution in [0.3, 0.4) is 0 Å². The first kappa shape index (κ1) is 16.1. The zero-order valence-electron chi connectivity index (χ0n) is 13.9. The monoisotopic (exact) mass is 348 g/mol. The normalized spacial score (nSPS) is 10.9. The smallest absolute Gasteiger partial charge is 0.166 e. The lowest BCUT2D eigenvalue weighted by Crippen LogP contribution is -1.99. The van der Waals surface area contributed by atoms with Gasteiger partial charge in [-0.05, 0) is 35.9 Å². The van der Waals surface area contributed by atoms with E-state index in [1.807, 2.05) is 6.07 Å². The van der Waals surface area contributed by atoms with Crippen molar-refractivity contribution >= 4 is 16.7 Å². The van der Waals surface area contributed by atoms with Crippen molar-refractivity contribution < 1.29 is 8.78 Å². The minimum atomic E-state index is -0.878. The SMILES string of the molecule is CNc1nc(-c2cccnc2)nc2cc(-c3cccc(F)c3F)ccc12. The van der Waals surface area contributed by atoms with Gasteiger partial charge in [0.05, 0.1) is 5.52 Å². The third-order valence-electron chi connectivity index (χ3n) is 4.12. The largest absolute Gasteiger partial charge is 0.373 e. The van der Waals surface area contributed by atoms with Crippen LogP contribution in [0.2, 0.25) is 0 Å². The Morgan fingerprint density at radius 1 is 0.923 bits per heavy atom. The molecule has 0 aliphatic heterocycles. The first-order valence-corrected chi connectivity index (χ1v) is 8.01. The van der Waals surface area contributed by atoms with Crippen LogP contribution in [0.5, 0.6) is 0 Å². The molecule has 4 rings (SSSR count). The summed E-state index contributed by atoms with van der Waals surface area (Å²) in [6.07, 6.45) is 3.35. The van der Waals surface area contributed by atoms with Gasteiger partial charge in [-0.25, -0.2) is 18.7 Å². The van der Waals surface area contributed by atoms with Crippen molar-refractivity contribution in [3.05, 3.63) is 72.6 Å². The van der Waals surface area contributed by atoms with Crippen LogP contribution in [-0.2, 0) is 0 Å². The molecule has 0 atom stereocenters. The molecule has 0 aliphatic rings. The van der Waals surface area contributed by atoms with Crippen LogP contribution in [0.1, 0.15) is 0 Å². The van der Waals surface area contributed by atoms with E-state index >= 15 is 0 Å². The molecule has 1 N–H and O–H groups in total. The van der Waals surface area contributed by atoms with Gasteiger partial charge in [0.1, 0.15) is 5.82 Å². The predicted octanol–water partition coefficient (Wildman–Crippen LogP) is 4.68. The summed E-state index contributed by atoms with van der Waals surface area (Å²) in [4.78, 5) is 13.2. The number of aromatic nitrogens is 3. The average Bonchev–Trinajstić information content (AvgIpc) is 2.69. The van der Waals surface area contributed by atoms with Gasteiger partial charge in [-0.15, -0.1) is 0 Å². The minimum absolute atomic E-state index is 0.194. The summed E-state index contributed by atoms with van der Waals surface area (Å²) in [6, 6.07) is 13.1. The van der Waals surface area contributed by atoms with Gasteiger partial charge < -0.3 is 5.32 Å². The molecule has 0 saturated carbocycles. The van der Waals surface area contributed by atoms with E-state index in [0.29, 0.717) is 22.7 Å². The summed E-state index contributed by atoms with van der Waals surface area (Å²) in [5.41, 5.74) is 2.14. The van der Waals surface area contributed by atoms with E-state index in [-0.39, 0.29) is 5.56 Å². The fraction of sp³-hybridized carbons (Fsp3) is 0.0500. The zero-order chi connectivity index (χ0) is 18.1.